The molecule has 3 atom stereocenters. The third-order valence-electron chi connectivity index (χ3n) is 6.01. The smallest absolute Gasteiger partial charge is 0.481 e. The van der Waals surface area contributed by atoms with Gasteiger partial charge in [0, 0.05) is 24.5 Å². The summed E-state index contributed by atoms with van der Waals surface area (Å²) in [5.74, 6) is -7.63. The number of aliphatic carboxylic acids is 2. The maximum absolute atomic E-state index is 13.4. The molecule has 2 aromatic rings. The van der Waals surface area contributed by atoms with Gasteiger partial charge in [-0.05, 0) is 36.5 Å². The lowest BCUT2D eigenvalue weighted by atomic mass is 9.91. The summed E-state index contributed by atoms with van der Waals surface area (Å²) < 4.78 is 31.7. The number of carboxylic acids is 2. The number of halogens is 3. The number of hydrogen-bond acceptors (Lipinski definition) is 8. The second-order valence-corrected chi connectivity index (χ2v) is 9.56. The summed E-state index contributed by atoms with van der Waals surface area (Å²) >= 11 is 0. The first-order valence-electron chi connectivity index (χ1n) is 13.3. The molecule has 0 saturated carbocycles. The highest BCUT2D eigenvalue weighted by molar-refractivity contribution is 5.96. The number of amidine groups is 1. The average molecular weight is 654 g/mol. The van der Waals surface area contributed by atoms with Gasteiger partial charge in [0.15, 0.2) is 5.96 Å². The SMILES string of the molecule is N=C(N)NCCC[C@H](NC(=O)[C@H](CC(=O)O)NC(=O)[C@H](Cc1ccc(C(=N)N)cc1)c1cccnc1)C(N)=O.O=C(O)C(F)(F)F. The van der Waals surface area contributed by atoms with E-state index in [0.717, 1.165) is 5.56 Å². The molecule has 0 bridgehead atoms. The lowest BCUT2D eigenvalue weighted by Crippen LogP contribution is -2.54. The Morgan fingerprint density at radius 1 is 0.913 bits per heavy atom. The van der Waals surface area contributed by atoms with Crippen LogP contribution in [0.15, 0.2) is 48.8 Å². The Hall–Kier alpha value is -5.75. The number of alkyl halides is 3. The second-order valence-electron chi connectivity index (χ2n) is 9.56. The molecule has 0 fully saturated rings. The summed E-state index contributed by atoms with van der Waals surface area (Å²) in [5.41, 5.74) is 17.9. The summed E-state index contributed by atoms with van der Waals surface area (Å²) in [6, 6.07) is 7.43. The molecular weight excluding hydrogens is 619 g/mol. The van der Waals surface area contributed by atoms with Crippen LogP contribution in [0.2, 0.25) is 0 Å². The van der Waals surface area contributed by atoms with Crippen LogP contribution in [0, 0.1) is 10.8 Å². The second kappa shape index (κ2) is 18.1. The molecular formula is C27H34F3N9O7. The van der Waals surface area contributed by atoms with Gasteiger partial charge in [0.05, 0.1) is 12.3 Å². The van der Waals surface area contributed by atoms with Crippen molar-refractivity contribution >= 4 is 41.5 Å². The van der Waals surface area contributed by atoms with E-state index < -0.39 is 60.3 Å². The number of carbonyl (C=O) groups excluding carboxylic acids is 3. The van der Waals surface area contributed by atoms with Gasteiger partial charge in [-0.3, -0.25) is 35.0 Å². The van der Waals surface area contributed by atoms with E-state index >= 15 is 0 Å². The van der Waals surface area contributed by atoms with E-state index in [4.69, 9.17) is 37.9 Å². The number of carbonyl (C=O) groups is 5. The minimum Gasteiger partial charge on any atom is -0.481 e. The van der Waals surface area contributed by atoms with Crippen molar-refractivity contribution in [2.75, 3.05) is 6.54 Å². The Kier molecular flexibility index (Phi) is 15.1. The molecule has 0 aliphatic heterocycles. The molecule has 0 aliphatic carbocycles. The van der Waals surface area contributed by atoms with Crippen LogP contribution in [0.3, 0.4) is 0 Å². The Morgan fingerprint density at radius 2 is 1.50 bits per heavy atom. The van der Waals surface area contributed by atoms with Crippen molar-refractivity contribution in [2.45, 2.75) is 49.9 Å². The van der Waals surface area contributed by atoms with Crippen molar-refractivity contribution in [1.29, 1.82) is 10.8 Å². The molecule has 2 rings (SSSR count). The van der Waals surface area contributed by atoms with Gasteiger partial charge in [0.25, 0.3) is 0 Å². The molecule has 19 heteroatoms. The van der Waals surface area contributed by atoms with Crippen molar-refractivity contribution in [1.82, 2.24) is 20.9 Å². The molecule has 1 aromatic carbocycles. The number of nitrogens with one attached hydrogen (secondary N) is 5. The van der Waals surface area contributed by atoms with Gasteiger partial charge < -0.3 is 43.4 Å². The van der Waals surface area contributed by atoms with Crippen LogP contribution < -0.4 is 33.2 Å². The monoisotopic (exact) mass is 653 g/mol. The molecule has 0 radical (unpaired) electrons. The molecule has 0 aliphatic rings. The summed E-state index contributed by atoms with van der Waals surface area (Å²) in [7, 11) is 0. The summed E-state index contributed by atoms with van der Waals surface area (Å²) in [4.78, 5) is 62.7. The number of primary amides is 1. The van der Waals surface area contributed by atoms with E-state index in [0.29, 0.717) is 17.5 Å². The van der Waals surface area contributed by atoms with Gasteiger partial charge in [-0.25, -0.2) is 4.79 Å². The van der Waals surface area contributed by atoms with Crippen molar-refractivity contribution in [2.24, 2.45) is 17.2 Å². The first-order valence-corrected chi connectivity index (χ1v) is 13.3. The number of hydrogen-bond donors (Lipinski definition) is 10. The zero-order valence-corrected chi connectivity index (χ0v) is 24.1. The van der Waals surface area contributed by atoms with E-state index in [2.05, 4.69) is 20.9 Å². The highest BCUT2D eigenvalue weighted by Crippen LogP contribution is 2.22. The van der Waals surface area contributed by atoms with Crippen LogP contribution >= 0.6 is 0 Å². The molecule has 0 saturated heterocycles. The predicted octanol–water partition coefficient (Wildman–Crippen LogP) is -0.482. The fourth-order valence-corrected chi connectivity index (χ4v) is 3.74. The Morgan fingerprint density at radius 3 is 1.96 bits per heavy atom. The van der Waals surface area contributed by atoms with Crippen molar-refractivity contribution in [3.8, 4) is 0 Å². The van der Waals surface area contributed by atoms with Gasteiger partial charge in [-0.2, -0.15) is 13.2 Å². The molecule has 1 aromatic heterocycles. The molecule has 0 unspecified atom stereocenters. The van der Waals surface area contributed by atoms with Crippen LogP contribution in [0.4, 0.5) is 13.2 Å². The number of rotatable bonds is 15. The van der Waals surface area contributed by atoms with Crippen LogP contribution in [-0.4, -0.2) is 81.5 Å². The lowest BCUT2D eigenvalue weighted by Gasteiger charge is -2.24. The number of aromatic nitrogens is 1. The third kappa shape index (κ3) is 14.1. The van der Waals surface area contributed by atoms with E-state index in [9.17, 15) is 37.5 Å². The molecule has 250 valence electrons. The Balaban J connectivity index is 0.00000135. The number of pyridine rings is 1. The molecule has 46 heavy (non-hydrogen) atoms. The minimum atomic E-state index is -5.08. The zero-order chi connectivity index (χ0) is 35.0. The van der Waals surface area contributed by atoms with E-state index in [1.165, 1.54) is 12.4 Å². The zero-order valence-electron chi connectivity index (χ0n) is 24.1. The van der Waals surface area contributed by atoms with Crippen LogP contribution in [0.5, 0.6) is 0 Å². The van der Waals surface area contributed by atoms with Crippen molar-refractivity contribution < 1.29 is 47.4 Å². The number of carboxylic acid groups (broad SMARTS) is 2. The normalized spacial score (nSPS) is 12.6. The fraction of sp³-hybridized carbons (Fsp3) is 0.333. The number of nitrogen functional groups attached to an aromatic ring is 1. The number of amides is 3. The van der Waals surface area contributed by atoms with Gasteiger partial charge in [-0.1, -0.05) is 30.3 Å². The number of nitrogens with two attached hydrogens (primary N) is 3. The summed E-state index contributed by atoms with van der Waals surface area (Å²) in [6.07, 6.45) is -2.17. The van der Waals surface area contributed by atoms with Crippen molar-refractivity contribution in [3.05, 3.63) is 65.5 Å². The van der Waals surface area contributed by atoms with Crippen LogP contribution in [0.25, 0.3) is 0 Å². The standard InChI is InChI=1S/C25H33N9O5.C2HF3O2/c26-21(27)15-7-5-14(6-8-15)11-17(16-3-1-9-31-13-16)23(38)34-19(12-20(35)36)24(39)33-18(22(28)37)4-2-10-32-25(29)30;3-2(4,5)1(6)7/h1,3,5-9,13,17-19H,2,4,10-12H2,(H3,26,27)(H2,28,37)(H,33,39)(H,34,38)(H,35,36)(H4,29,30,32);(H,6,7)/t17-,18+,19+;/m1./s1. The molecule has 0 spiro atoms. The number of benzene rings is 1. The minimum absolute atomic E-state index is 0.101. The first kappa shape index (κ1) is 38.3. The first-order chi connectivity index (χ1) is 21.4. The molecule has 1 heterocycles. The van der Waals surface area contributed by atoms with Crippen molar-refractivity contribution in [3.63, 3.8) is 0 Å². The van der Waals surface area contributed by atoms with Gasteiger partial charge in [0.2, 0.25) is 17.7 Å². The Labute approximate surface area is 259 Å². The van der Waals surface area contributed by atoms with Gasteiger partial charge in [-0.15, -0.1) is 0 Å². The molecule has 13 N–H and O–H groups in total. The van der Waals surface area contributed by atoms with E-state index in [1.807, 2.05) is 0 Å². The van der Waals surface area contributed by atoms with Crippen LogP contribution in [-0.2, 0) is 30.4 Å². The summed E-state index contributed by atoms with van der Waals surface area (Å²) in [6.45, 7) is 0.254. The number of guanidine groups is 1. The molecule has 16 nitrogen and oxygen atoms in total. The number of nitrogens with zero attached hydrogens (tertiary/aromatic N) is 1. The predicted molar refractivity (Wildman–Crippen MR) is 156 cm³/mol. The van der Waals surface area contributed by atoms with E-state index in [1.54, 1.807) is 36.4 Å². The highest BCUT2D eigenvalue weighted by atomic mass is 19.4. The van der Waals surface area contributed by atoms with Crippen LogP contribution in [0.1, 0.15) is 41.9 Å². The maximum atomic E-state index is 13.4. The quantitative estimate of drug-likeness (QED) is 0.0665. The maximum Gasteiger partial charge on any atom is 0.490 e. The average Bonchev–Trinajstić information content (AvgIpc) is 2.97. The van der Waals surface area contributed by atoms with Gasteiger partial charge in [0.1, 0.15) is 17.9 Å². The summed E-state index contributed by atoms with van der Waals surface area (Å²) in [5, 5.41) is 38.7. The lowest BCUT2D eigenvalue weighted by molar-refractivity contribution is -0.192. The molecule has 3 amide bonds. The Bertz CT molecular complexity index is 1390. The highest BCUT2D eigenvalue weighted by Gasteiger charge is 2.38. The fourth-order valence-electron chi connectivity index (χ4n) is 3.74. The van der Waals surface area contributed by atoms with E-state index in [-0.39, 0.29) is 31.2 Å². The topological polar surface area (TPSA) is 301 Å². The largest absolute Gasteiger partial charge is 0.490 e. The third-order valence-corrected chi connectivity index (χ3v) is 6.01. The van der Waals surface area contributed by atoms with Gasteiger partial charge >= 0.3 is 18.1 Å².